The highest BCUT2D eigenvalue weighted by Crippen LogP contribution is 2.26. The van der Waals surface area contributed by atoms with E-state index in [1.807, 2.05) is 18.2 Å². The van der Waals surface area contributed by atoms with E-state index in [0.717, 1.165) is 29.4 Å². The highest BCUT2D eigenvalue weighted by Gasteiger charge is 2.15. The number of nitrogens with zero attached hydrogens (tertiary/aromatic N) is 1. The van der Waals surface area contributed by atoms with Gasteiger partial charge in [-0.3, -0.25) is 0 Å². The van der Waals surface area contributed by atoms with Crippen LogP contribution in [-0.4, -0.2) is 37.7 Å². The predicted octanol–water partition coefficient (Wildman–Crippen LogP) is 2.92. The summed E-state index contributed by atoms with van der Waals surface area (Å²) in [5.41, 5.74) is 1.04. The zero-order valence-electron chi connectivity index (χ0n) is 11.8. The number of nitrogens with one attached hydrogen (secondary N) is 1. The van der Waals surface area contributed by atoms with Crippen LogP contribution in [0, 0.1) is 0 Å². The first kappa shape index (κ1) is 14.6. The lowest BCUT2D eigenvalue weighted by atomic mass is 10.2. The van der Waals surface area contributed by atoms with Gasteiger partial charge in [0.2, 0.25) is 0 Å². The number of methoxy groups -OCH3 is 1. The van der Waals surface area contributed by atoms with Crippen molar-refractivity contribution in [2.24, 2.45) is 0 Å². The molecule has 1 aromatic rings. The van der Waals surface area contributed by atoms with Crippen molar-refractivity contribution in [2.45, 2.75) is 32.4 Å². The Kier molecular flexibility index (Phi) is 5.49. The van der Waals surface area contributed by atoms with Crippen molar-refractivity contribution in [3.05, 3.63) is 28.8 Å². The summed E-state index contributed by atoms with van der Waals surface area (Å²) in [7, 11) is 1.68. The Morgan fingerprint density at radius 1 is 1.37 bits per heavy atom. The maximum absolute atomic E-state index is 6.23. The minimum Gasteiger partial charge on any atom is -0.496 e. The van der Waals surface area contributed by atoms with Crippen molar-refractivity contribution < 1.29 is 4.74 Å². The molecule has 0 amide bonds. The fraction of sp³-hybridized carbons (Fsp3) is 0.600. The molecule has 0 spiro atoms. The monoisotopic (exact) mass is 282 g/mol. The molecular formula is C15H23ClN2O. The molecule has 2 rings (SSSR count). The lowest BCUT2D eigenvalue weighted by Gasteiger charge is -2.22. The molecule has 1 aliphatic rings. The van der Waals surface area contributed by atoms with Crippen molar-refractivity contribution >= 4 is 11.6 Å². The third-order valence-corrected chi connectivity index (χ3v) is 4.01. The van der Waals surface area contributed by atoms with Gasteiger partial charge in [-0.25, -0.2) is 0 Å². The van der Waals surface area contributed by atoms with Crippen LogP contribution in [0.5, 0.6) is 5.75 Å². The number of halogens is 1. The molecule has 1 fully saturated rings. The van der Waals surface area contributed by atoms with E-state index >= 15 is 0 Å². The first-order valence-electron chi connectivity index (χ1n) is 6.98. The Balaban J connectivity index is 1.87. The number of rotatable bonds is 6. The normalized spacial score (nSPS) is 17.6. The summed E-state index contributed by atoms with van der Waals surface area (Å²) in [6.45, 7) is 6.55. The lowest BCUT2D eigenvalue weighted by Crippen LogP contribution is -2.37. The van der Waals surface area contributed by atoms with Crippen LogP contribution in [0.1, 0.15) is 25.3 Å². The molecule has 0 aromatic heterocycles. The third kappa shape index (κ3) is 4.10. The fourth-order valence-corrected chi connectivity index (χ4v) is 2.83. The number of hydrogen-bond acceptors (Lipinski definition) is 3. The van der Waals surface area contributed by atoms with Crippen molar-refractivity contribution in [1.29, 1.82) is 0 Å². The second-order valence-electron chi connectivity index (χ2n) is 5.21. The van der Waals surface area contributed by atoms with Crippen LogP contribution in [-0.2, 0) is 6.54 Å². The van der Waals surface area contributed by atoms with Gasteiger partial charge in [0.25, 0.3) is 0 Å². The van der Waals surface area contributed by atoms with Crippen LogP contribution in [0.15, 0.2) is 18.2 Å². The molecule has 4 heteroatoms. The zero-order valence-corrected chi connectivity index (χ0v) is 12.5. The van der Waals surface area contributed by atoms with Crippen LogP contribution in [0.25, 0.3) is 0 Å². The van der Waals surface area contributed by atoms with Crippen LogP contribution >= 0.6 is 11.6 Å². The van der Waals surface area contributed by atoms with Gasteiger partial charge in [-0.2, -0.15) is 0 Å². The number of hydrogen-bond donors (Lipinski definition) is 1. The molecule has 1 heterocycles. The predicted molar refractivity (Wildman–Crippen MR) is 80.0 cm³/mol. The van der Waals surface area contributed by atoms with Crippen molar-refractivity contribution in [2.75, 3.05) is 26.7 Å². The molecule has 0 aliphatic carbocycles. The Hall–Kier alpha value is -0.770. The first-order chi connectivity index (χ1) is 9.20. The van der Waals surface area contributed by atoms with Gasteiger partial charge >= 0.3 is 0 Å². The van der Waals surface area contributed by atoms with Crippen LogP contribution in [0.4, 0.5) is 0 Å². The Labute approximate surface area is 120 Å². The second kappa shape index (κ2) is 7.13. The van der Waals surface area contributed by atoms with Crippen molar-refractivity contribution in [1.82, 2.24) is 10.2 Å². The highest BCUT2D eigenvalue weighted by molar-refractivity contribution is 6.31. The van der Waals surface area contributed by atoms with E-state index in [9.17, 15) is 0 Å². The first-order valence-corrected chi connectivity index (χ1v) is 7.35. The molecular weight excluding hydrogens is 260 g/mol. The molecule has 0 radical (unpaired) electrons. The quantitative estimate of drug-likeness (QED) is 0.868. The molecule has 0 bridgehead atoms. The fourth-order valence-electron chi connectivity index (χ4n) is 2.60. The third-order valence-electron chi connectivity index (χ3n) is 3.65. The largest absolute Gasteiger partial charge is 0.496 e. The minimum absolute atomic E-state index is 0.457. The van der Waals surface area contributed by atoms with Gasteiger partial charge < -0.3 is 15.0 Å². The van der Waals surface area contributed by atoms with Gasteiger partial charge in [-0.05, 0) is 45.0 Å². The van der Waals surface area contributed by atoms with Gasteiger partial charge in [0.1, 0.15) is 5.75 Å². The SMILES string of the molecule is COc1cccc(Cl)c1CNC(C)CN1CCCC1. The molecule has 19 heavy (non-hydrogen) atoms. The molecule has 106 valence electrons. The number of ether oxygens (including phenoxy) is 1. The van der Waals surface area contributed by atoms with Crippen molar-refractivity contribution in [3.63, 3.8) is 0 Å². The maximum atomic E-state index is 6.23. The summed E-state index contributed by atoms with van der Waals surface area (Å²) < 4.78 is 5.36. The Bertz CT molecular complexity index is 405. The van der Waals surface area contributed by atoms with E-state index in [0.29, 0.717) is 6.04 Å². The van der Waals surface area contributed by atoms with Crippen LogP contribution in [0.2, 0.25) is 5.02 Å². The summed E-state index contributed by atoms with van der Waals surface area (Å²) >= 11 is 6.23. The van der Waals surface area contributed by atoms with Gasteiger partial charge in [0.05, 0.1) is 7.11 Å². The van der Waals surface area contributed by atoms with Crippen molar-refractivity contribution in [3.8, 4) is 5.75 Å². The molecule has 1 atom stereocenters. The summed E-state index contributed by atoms with van der Waals surface area (Å²) in [5, 5.41) is 4.30. The average Bonchev–Trinajstić information content (AvgIpc) is 2.89. The maximum Gasteiger partial charge on any atom is 0.124 e. The molecule has 0 saturated carbocycles. The van der Waals surface area contributed by atoms with Gasteiger partial charge in [0, 0.05) is 29.7 Å². The summed E-state index contributed by atoms with van der Waals surface area (Å²) in [5.74, 6) is 0.855. The smallest absolute Gasteiger partial charge is 0.124 e. The summed E-state index contributed by atoms with van der Waals surface area (Å²) in [6, 6.07) is 6.23. The van der Waals surface area contributed by atoms with E-state index in [2.05, 4.69) is 17.1 Å². The molecule has 1 aromatic carbocycles. The topological polar surface area (TPSA) is 24.5 Å². The van der Waals surface area contributed by atoms with Gasteiger partial charge in [-0.15, -0.1) is 0 Å². The van der Waals surface area contributed by atoms with Gasteiger partial charge in [0.15, 0.2) is 0 Å². The summed E-state index contributed by atoms with van der Waals surface area (Å²) in [6.07, 6.45) is 2.68. The molecule has 1 N–H and O–H groups in total. The van der Waals surface area contributed by atoms with Gasteiger partial charge in [-0.1, -0.05) is 17.7 Å². The second-order valence-corrected chi connectivity index (χ2v) is 5.62. The Morgan fingerprint density at radius 3 is 2.79 bits per heavy atom. The van der Waals surface area contributed by atoms with Crippen LogP contribution < -0.4 is 10.1 Å². The molecule has 1 unspecified atom stereocenters. The van der Waals surface area contributed by atoms with E-state index < -0.39 is 0 Å². The highest BCUT2D eigenvalue weighted by atomic mass is 35.5. The standard InChI is InChI=1S/C15H23ClN2O/c1-12(11-18-8-3-4-9-18)17-10-13-14(16)6-5-7-15(13)19-2/h5-7,12,17H,3-4,8-11H2,1-2H3. The average molecular weight is 283 g/mol. The van der Waals surface area contributed by atoms with E-state index in [4.69, 9.17) is 16.3 Å². The summed E-state index contributed by atoms with van der Waals surface area (Å²) in [4.78, 5) is 2.52. The van der Waals surface area contributed by atoms with E-state index in [-0.39, 0.29) is 0 Å². The zero-order chi connectivity index (χ0) is 13.7. The Morgan fingerprint density at radius 2 is 2.11 bits per heavy atom. The number of likely N-dealkylation sites (tertiary alicyclic amines) is 1. The molecule has 1 saturated heterocycles. The minimum atomic E-state index is 0.457. The molecule has 1 aliphatic heterocycles. The molecule has 3 nitrogen and oxygen atoms in total. The number of benzene rings is 1. The van der Waals surface area contributed by atoms with E-state index in [1.165, 1.54) is 25.9 Å². The van der Waals surface area contributed by atoms with E-state index in [1.54, 1.807) is 7.11 Å². The lowest BCUT2D eigenvalue weighted by molar-refractivity contribution is 0.297. The van der Waals surface area contributed by atoms with Crippen LogP contribution in [0.3, 0.4) is 0 Å².